The molecule has 176 valence electrons. The Balaban J connectivity index is 1.52. The minimum absolute atomic E-state index is 0.0292. The number of nitrogens with one attached hydrogen (secondary N) is 2. The fourth-order valence-electron chi connectivity index (χ4n) is 3.90. The SMILES string of the molecule is CCOc1cccc(CN[C@@H](Cc2c[nH]c3ccccc23)C(=O)O)c1OCc1ccccc1F. The Morgan fingerprint density at radius 2 is 1.76 bits per heavy atom. The monoisotopic (exact) mass is 462 g/mol. The van der Waals surface area contributed by atoms with E-state index in [0.717, 1.165) is 22.0 Å². The van der Waals surface area contributed by atoms with E-state index in [2.05, 4.69) is 10.3 Å². The van der Waals surface area contributed by atoms with Gasteiger partial charge in [0.25, 0.3) is 0 Å². The van der Waals surface area contributed by atoms with Crippen molar-refractivity contribution in [2.45, 2.75) is 32.5 Å². The summed E-state index contributed by atoms with van der Waals surface area (Å²) in [6.45, 7) is 2.58. The molecule has 0 spiro atoms. The normalized spacial score (nSPS) is 11.9. The Hall–Kier alpha value is -3.84. The van der Waals surface area contributed by atoms with Gasteiger partial charge in [-0.05, 0) is 30.7 Å². The van der Waals surface area contributed by atoms with Crippen molar-refractivity contribution in [1.29, 1.82) is 0 Å². The Labute approximate surface area is 197 Å². The quantitative estimate of drug-likeness (QED) is 0.290. The molecule has 0 aliphatic rings. The van der Waals surface area contributed by atoms with Gasteiger partial charge in [0.1, 0.15) is 18.5 Å². The van der Waals surface area contributed by atoms with Gasteiger partial charge in [-0.1, -0.05) is 48.5 Å². The van der Waals surface area contributed by atoms with Crippen molar-refractivity contribution >= 4 is 16.9 Å². The van der Waals surface area contributed by atoms with Gasteiger partial charge in [-0.15, -0.1) is 0 Å². The van der Waals surface area contributed by atoms with E-state index in [1.807, 2.05) is 49.5 Å². The van der Waals surface area contributed by atoms with E-state index in [9.17, 15) is 14.3 Å². The third-order valence-corrected chi connectivity index (χ3v) is 5.63. The largest absolute Gasteiger partial charge is 0.490 e. The number of aromatic amines is 1. The number of halogens is 1. The highest BCUT2D eigenvalue weighted by atomic mass is 19.1. The number of hydrogen-bond acceptors (Lipinski definition) is 4. The van der Waals surface area contributed by atoms with Crippen LogP contribution in [-0.2, 0) is 24.4 Å². The highest BCUT2D eigenvalue weighted by Crippen LogP contribution is 2.32. The minimum atomic E-state index is -0.944. The van der Waals surface area contributed by atoms with E-state index in [-0.39, 0.29) is 19.0 Å². The lowest BCUT2D eigenvalue weighted by Crippen LogP contribution is -2.38. The van der Waals surface area contributed by atoms with Crippen molar-refractivity contribution < 1.29 is 23.8 Å². The Bertz CT molecular complexity index is 1270. The summed E-state index contributed by atoms with van der Waals surface area (Å²) in [7, 11) is 0. The zero-order valence-electron chi connectivity index (χ0n) is 18.9. The number of aliphatic carboxylic acids is 1. The molecule has 1 heterocycles. The van der Waals surface area contributed by atoms with E-state index in [1.165, 1.54) is 6.07 Å². The van der Waals surface area contributed by atoms with Crippen LogP contribution >= 0.6 is 0 Å². The Kier molecular flexibility index (Phi) is 7.44. The van der Waals surface area contributed by atoms with Gasteiger partial charge in [0.2, 0.25) is 0 Å². The lowest BCUT2D eigenvalue weighted by atomic mass is 10.0. The van der Waals surface area contributed by atoms with Gasteiger partial charge in [0, 0.05) is 41.2 Å². The van der Waals surface area contributed by atoms with Crippen LogP contribution in [0.15, 0.2) is 72.9 Å². The van der Waals surface area contributed by atoms with Crippen LogP contribution in [0.25, 0.3) is 10.9 Å². The summed E-state index contributed by atoms with van der Waals surface area (Å²) < 4.78 is 25.8. The average Bonchev–Trinajstić information content (AvgIpc) is 3.25. The highest BCUT2D eigenvalue weighted by Gasteiger charge is 2.21. The molecule has 0 unspecified atom stereocenters. The van der Waals surface area contributed by atoms with Crippen molar-refractivity contribution in [3.05, 3.63) is 95.4 Å². The van der Waals surface area contributed by atoms with E-state index < -0.39 is 12.0 Å². The molecule has 1 atom stereocenters. The number of carboxylic acids is 1. The summed E-state index contributed by atoms with van der Waals surface area (Å²) in [6, 6.07) is 18.9. The van der Waals surface area contributed by atoms with Crippen LogP contribution < -0.4 is 14.8 Å². The lowest BCUT2D eigenvalue weighted by Gasteiger charge is -2.19. The van der Waals surface area contributed by atoms with E-state index >= 15 is 0 Å². The van der Waals surface area contributed by atoms with Crippen molar-refractivity contribution in [2.75, 3.05) is 6.61 Å². The summed E-state index contributed by atoms with van der Waals surface area (Å²) >= 11 is 0. The average molecular weight is 463 g/mol. The maximum absolute atomic E-state index is 14.1. The van der Waals surface area contributed by atoms with Gasteiger partial charge < -0.3 is 19.6 Å². The van der Waals surface area contributed by atoms with Gasteiger partial charge in [-0.2, -0.15) is 0 Å². The maximum atomic E-state index is 14.1. The number of carboxylic acid groups (broad SMARTS) is 1. The molecule has 6 nitrogen and oxygen atoms in total. The number of rotatable bonds is 11. The molecule has 0 saturated heterocycles. The smallest absolute Gasteiger partial charge is 0.321 e. The maximum Gasteiger partial charge on any atom is 0.321 e. The molecule has 0 radical (unpaired) electrons. The molecule has 0 amide bonds. The van der Waals surface area contributed by atoms with Crippen LogP contribution in [0, 0.1) is 5.82 Å². The van der Waals surface area contributed by atoms with Gasteiger partial charge in [0.15, 0.2) is 11.5 Å². The zero-order chi connectivity index (χ0) is 23.9. The molecular weight excluding hydrogens is 435 g/mol. The molecule has 7 heteroatoms. The van der Waals surface area contributed by atoms with Crippen LogP contribution in [-0.4, -0.2) is 28.7 Å². The number of aromatic nitrogens is 1. The first-order valence-electron chi connectivity index (χ1n) is 11.2. The molecule has 34 heavy (non-hydrogen) atoms. The number of carbonyl (C=O) groups is 1. The topological polar surface area (TPSA) is 83.6 Å². The zero-order valence-corrected chi connectivity index (χ0v) is 18.9. The van der Waals surface area contributed by atoms with Crippen molar-refractivity contribution in [3.8, 4) is 11.5 Å². The van der Waals surface area contributed by atoms with Crippen LogP contribution in [0.2, 0.25) is 0 Å². The summed E-state index contributed by atoms with van der Waals surface area (Å²) in [5, 5.41) is 14.0. The molecule has 3 N–H and O–H groups in total. The number of para-hydroxylation sites is 2. The molecule has 0 saturated carbocycles. The molecule has 0 fully saturated rings. The third kappa shape index (κ3) is 5.38. The molecule has 4 aromatic rings. The molecule has 0 bridgehead atoms. The van der Waals surface area contributed by atoms with Crippen LogP contribution in [0.1, 0.15) is 23.6 Å². The van der Waals surface area contributed by atoms with E-state index in [1.54, 1.807) is 24.3 Å². The number of fused-ring (bicyclic) bond motifs is 1. The fraction of sp³-hybridized carbons (Fsp3) is 0.222. The second-order valence-electron chi connectivity index (χ2n) is 7.89. The first kappa shape index (κ1) is 23.3. The van der Waals surface area contributed by atoms with Gasteiger partial charge in [0.05, 0.1) is 6.61 Å². The van der Waals surface area contributed by atoms with Crippen LogP contribution in [0.4, 0.5) is 4.39 Å². The summed E-state index contributed by atoms with van der Waals surface area (Å²) in [5.74, 6) is -0.293. The number of benzene rings is 3. The van der Waals surface area contributed by atoms with Gasteiger partial charge >= 0.3 is 5.97 Å². The number of hydrogen-bond donors (Lipinski definition) is 3. The summed E-state index contributed by atoms with van der Waals surface area (Å²) in [5.41, 5.74) is 3.05. The molecule has 1 aromatic heterocycles. The molecular formula is C27H27FN2O4. The summed E-state index contributed by atoms with van der Waals surface area (Å²) in [4.78, 5) is 15.2. The van der Waals surface area contributed by atoms with Gasteiger partial charge in [-0.25, -0.2) is 4.39 Å². The minimum Gasteiger partial charge on any atom is -0.490 e. The van der Waals surface area contributed by atoms with Crippen molar-refractivity contribution in [3.63, 3.8) is 0 Å². The Morgan fingerprint density at radius 1 is 1.00 bits per heavy atom. The number of H-pyrrole nitrogens is 1. The first-order chi connectivity index (χ1) is 16.6. The second kappa shape index (κ2) is 10.9. The predicted molar refractivity (Wildman–Crippen MR) is 129 cm³/mol. The first-order valence-corrected chi connectivity index (χ1v) is 11.2. The molecule has 4 rings (SSSR count). The standard InChI is InChI=1S/C27H27FN2O4/c1-2-33-25-13-7-9-18(26(25)34-17-19-8-3-5-11-22(19)28)15-30-24(27(31)32)14-20-16-29-23-12-6-4-10-21(20)23/h3-13,16,24,29-30H,2,14-15,17H2,1H3,(H,31,32)/t24-/m0/s1. The second-order valence-corrected chi connectivity index (χ2v) is 7.89. The van der Waals surface area contributed by atoms with Gasteiger partial charge in [-0.3, -0.25) is 10.1 Å². The van der Waals surface area contributed by atoms with Crippen LogP contribution in [0.5, 0.6) is 11.5 Å². The Morgan fingerprint density at radius 3 is 2.56 bits per heavy atom. The van der Waals surface area contributed by atoms with Crippen molar-refractivity contribution in [1.82, 2.24) is 10.3 Å². The van der Waals surface area contributed by atoms with E-state index in [0.29, 0.717) is 30.1 Å². The molecule has 0 aliphatic carbocycles. The predicted octanol–water partition coefficient (Wildman–Crippen LogP) is 5.07. The van der Waals surface area contributed by atoms with Crippen LogP contribution in [0.3, 0.4) is 0 Å². The molecule has 0 aliphatic heterocycles. The highest BCUT2D eigenvalue weighted by molar-refractivity contribution is 5.84. The summed E-state index contributed by atoms with van der Waals surface area (Å²) in [6.07, 6.45) is 2.16. The lowest BCUT2D eigenvalue weighted by molar-refractivity contribution is -0.139. The van der Waals surface area contributed by atoms with Crippen molar-refractivity contribution in [2.24, 2.45) is 0 Å². The molecule has 3 aromatic carbocycles. The third-order valence-electron chi connectivity index (χ3n) is 5.63. The van der Waals surface area contributed by atoms with E-state index in [4.69, 9.17) is 9.47 Å². The fourth-order valence-corrected chi connectivity index (χ4v) is 3.90. The number of ether oxygens (including phenoxy) is 2.